The molecule has 4 rings (SSSR count). The Hall–Kier alpha value is -1.90. The minimum Gasteiger partial charge on any atom is -0.426 e. The highest BCUT2D eigenvalue weighted by Crippen LogP contribution is 2.47. The van der Waals surface area contributed by atoms with Crippen LogP contribution in [-0.4, -0.2) is 28.5 Å². The zero-order valence-electron chi connectivity index (χ0n) is 14.2. The largest absolute Gasteiger partial charge is 0.426 e. The van der Waals surface area contributed by atoms with E-state index in [2.05, 4.69) is 4.98 Å². The molecule has 0 bridgehead atoms. The molecule has 1 N–H and O–H groups in total. The summed E-state index contributed by atoms with van der Waals surface area (Å²) >= 11 is 4.95. The van der Waals surface area contributed by atoms with Gasteiger partial charge in [0.25, 0.3) is 0 Å². The van der Waals surface area contributed by atoms with Crippen molar-refractivity contribution in [3.05, 3.63) is 56.7 Å². The van der Waals surface area contributed by atoms with Crippen LogP contribution in [0.15, 0.2) is 35.3 Å². The Morgan fingerprint density at radius 3 is 3.07 bits per heavy atom. The van der Waals surface area contributed by atoms with Crippen LogP contribution in [0, 0.1) is 4.64 Å². The summed E-state index contributed by atoms with van der Waals surface area (Å²) in [6, 6.07) is 7.66. The van der Waals surface area contributed by atoms with Crippen molar-refractivity contribution in [2.45, 2.75) is 31.8 Å². The van der Waals surface area contributed by atoms with Gasteiger partial charge in [-0.2, -0.15) is 0 Å². The second-order valence-electron chi connectivity index (χ2n) is 6.15. The Balaban J connectivity index is 1.35. The van der Waals surface area contributed by atoms with E-state index in [1.165, 1.54) is 10.8 Å². The molecule has 10 heteroatoms. The van der Waals surface area contributed by atoms with E-state index in [1.54, 1.807) is 0 Å². The fourth-order valence-electron chi connectivity index (χ4n) is 2.96. The molecule has 142 valence electrons. The maximum atomic E-state index is 12.1. The molecule has 0 aliphatic carbocycles. The monoisotopic (exact) mass is 408 g/mol. The molecule has 27 heavy (non-hydrogen) atoms. The molecule has 2 aliphatic heterocycles. The van der Waals surface area contributed by atoms with E-state index in [-0.39, 0.29) is 16.3 Å². The van der Waals surface area contributed by atoms with Crippen LogP contribution in [-0.2, 0) is 20.4 Å². The molecule has 1 aromatic carbocycles. The predicted molar refractivity (Wildman–Crippen MR) is 99.1 cm³/mol. The molecule has 1 saturated heterocycles. The lowest BCUT2D eigenvalue weighted by Crippen LogP contribution is -2.28. The summed E-state index contributed by atoms with van der Waals surface area (Å²) in [5.41, 5.74) is 0.833. The molecular formula is C17H17N2O6PS. The predicted octanol–water partition coefficient (Wildman–Crippen LogP) is 3.25. The molecular weight excluding hydrogens is 391 g/mol. The van der Waals surface area contributed by atoms with Gasteiger partial charge in [0.15, 0.2) is 6.29 Å². The molecule has 2 aliphatic rings. The van der Waals surface area contributed by atoms with Gasteiger partial charge in [0.1, 0.15) is 16.6 Å². The number of rotatable bonds is 5. The van der Waals surface area contributed by atoms with Crippen molar-refractivity contribution in [2.24, 2.45) is 0 Å². The topological polar surface area (TPSA) is 91.8 Å². The Bertz CT molecular complexity index is 961. The van der Waals surface area contributed by atoms with Crippen molar-refractivity contribution in [2.75, 3.05) is 6.61 Å². The number of aromatic nitrogens is 2. The summed E-state index contributed by atoms with van der Waals surface area (Å²) in [6.07, 6.45) is 2.70. The Labute approximate surface area is 161 Å². The maximum absolute atomic E-state index is 12.1. The zero-order chi connectivity index (χ0) is 18.8. The van der Waals surface area contributed by atoms with Gasteiger partial charge in [-0.1, -0.05) is 30.4 Å². The van der Waals surface area contributed by atoms with Crippen molar-refractivity contribution < 1.29 is 23.1 Å². The molecule has 1 aromatic heterocycles. The van der Waals surface area contributed by atoms with E-state index in [4.69, 9.17) is 30.5 Å². The van der Waals surface area contributed by atoms with Gasteiger partial charge in [-0.05, 0) is 18.9 Å². The minimum atomic E-state index is -1.48. The number of nitrogens with zero attached hydrogens (tertiary/aromatic N) is 1. The Morgan fingerprint density at radius 1 is 1.37 bits per heavy atom. The van der Waals surface area contributed by atoms with E-state index < -0.39 is 20.5 Å². The quantitative estimate of drug-likeness (QED) is 0.461. The molecule has 0 spiro atoms. The Morgan fingerprint density at radius 2 is 2.22 bits per heavy atom. The lowest BCUT2D eigenvalue weighted by Gasteiger charge is -2.24. The van der Waals surface area contributed by atoms with Gasteiger partial charge in [-0.15, -0.1) is 0 Å². The van der Waals surface area contributed by atoms with Gasteiger partial charge in [0.05, 0.1) is 24.9 Å². The highest BCUT2D eigenvalue weighted by atomic mass is 32.1. The third kappa shape index (κ3) is 4.02. The van der Waals surface area contributed by atoms with E-state index in [1.807, 2.05) is 24.3 Å². The molecule has 8 nitrogen and oxygen atoms in total. The lowest BCUT2D eigenvalue weighted by atomic mass is 10.2. The molecule has 0 amide bonds. The second-order valence-corrected chi connectivity index (χ2v) is 7.71. The average molecular weight is 408 g/mol. The zero-order valence-corrected chi connectivity index (χ0v) is 15.9. The summed E-state index contributed by atoms with van der Waals surface area (Å²) in [4.78, 5) is 25.6. The highest BCUT2D eigenvalue weighted by molar-refractivity contribution is 7.71. The fraction of sp³-hybridized carbons (Fsp3) is 0.353. The number of fused-ring (bicyclic) bond motifs is 1. The second kappa shape index (κ2) is 8.00. The van der Waals surface area contributed by atoms with E-state index in [9.17, 15) is 9.59 Å². The molecule has 3 atom stereocenters. The van der Waals surface area contributed by atoms with Crippen LogP contribution < -0.4 is 10.2 Å². The smallest absolute Gasteiger partial charge is 0.397 e. The first-order valence-electron chi connectivity index (χ1n) is 8.42. The number of hydrogen-bond acceptors (Lipinski definition) is 7. The number of carbonyl (C=O) groups excluding carboxylic acids is 1. The van der Waals surface area contributed by atoms with E-state index in [0.29, 0.717) is 32.3 Å². The number of aromatic amines is 1. The van der Waals surface area contributed by atoms with Crippen molar-refractivity contribution in [1.29, 1.82) is 0 Å². The first-order valence-corrected chi connectivity index (χ1v) is 9.92. The number of nitrogens with one attached hydrogen (secondary N) is 1. The van der Waals surface area contributed by atoms with Crippen molar-refractivity contribution in [1.82, 2.24) is 9.55 Å². The van der Waals surface area contributed by atoms with Crippen molar-refractivity contribution >= 4 is 27.1 Å². The maximum Gasteiger partial charge on any atom is 0.397 e. The molecule has 1 fully saturated rings. The number of carbonyl (C=O) groups is 1. The minimum absolute atomic E-state index is 0.124. The van der Waals surface area contributed by atoms with Gasteiger partial charge < -0.3 is 9.26 Å². The summed E-state index contributed by atoms with van der Waals surface area (Å²) in [5.74, 6) is 0.771. The molecule has 3 heterocycles. The molecule has 3 unspecified atom stereocenters. The normalized spacial score (nSPS) is 24.2. The number of benzene rings is 1. The van der Waals surface area contributed by atoms with E-state index >= 15 is 0 Å². The van der Waals surface area contributed by atoms with Gasteiger partial charge in [0.2, 0.25) is 0 Å². The van der Waals surface area contributed by atoms with Crippen molar-refractivity contribution in [3.63, 3.8) is 0 Å². The summed E-state index contributed by atoms with van der Waals surface area (Å²) in [6.45, 7) is 0.742. The van der Waals surface area contributed by atoms with Crippen LogP contribution in [0.4, 0.5) is 0 Å². The van der Waals surface area contributed by atoms with Crippen LogP contribution in [0.5, 0.6) is 5.75 Å². The van der Waals surface area contributed by atoms with Crippen LogP contribution >= 0.6 is 20.8 Å². The highest BCUT2D eigenvalue weighted by Gasteiger charge is 2.30. The fourth-order valence-corrected chi connectivity index (χ4v) is 4.20. The van der Waals surface area contributed by atoms with Gasteiger partial charge >= 0.3 is 14.3 Å². The number of hydrogen-bond donors (Lipinski definition) is 1. The Kier molecular flexibility index (Phi) is 5.47. The third-order valence-corrected chi connectivity index (χ3v) is 5.74. The number of para-hydroxylation sites is 1. The molecule has 0 saturated carbocycles. The van der Waals surface area contributed by atoms with Gasteiger partial charge in [0, 0.05) is 11.8 Å². The van der Waals surface area contributed by atoms with Gasteiger partial charge in [-0.3, -0.25) is 23.4 Å². The number of ether oxygens (including phenoxy) is 1. The summed E-state index contributed by atoms with van der Waals surface area (Å²) in [7, 11) is -1.48. The van der Waals surface area contributed by atoms with Gasteiger partial charge in [-0.25, -0.2) is 4.79 Å². The third-order valence-electron chi connectivity index (χ3n) is 4.35. The summed E-state index contributed by atoms with van der Waals surface area (Å²) < 4.78 is 24.4. The SMILES string of the molecule is O=Cc1cn(C2CCC(COP3OCc4ccccc4O3)O2)c(=O)[nH]c1=S. The lowest BCUT2D eigenvalue weighted by molar-refractivity contribution is -0.0229. The van der Waals surface area contributed by atoms with E-state index in [0.717, 1.165) is 11.3 Å². The molecule has 0 radical (unpaired) electrons. The number of H-pyrrole nitrogens is 1. The number of aldehydes is 1. The van der Waals surface area contributed by atoms with Crippen molar-refractivity contribution in [3.8, 4) is 5.75 Å². The van der Waals surface area contributed by atoms with Crippen LogP contribution in [0.1, 0.15) is 35.0 Å². The first-order chi connectivity index (χ1) is 13.1. The standard InChI is InChI=1S/C17H17N2O6PS/c20-8-12-7-19(17(21)18-16(12)27)15-6-5-13(24-15)10-23-26-22-9-11-3-1-2-4-14(11)25-26/h1-4,7-8,13,15H,5-6,9-10H2,(H,18,21,27). The van der Waals surface area contributed by atoms with Crippen LogP contribution in [0.3, 0.4) is 0 Å². The molecule has 2 aromatic rings. The van der Waals surface area contributed by atoms with Crippen LogP contribution in [0.25, 0.3) is 0 Å². The first kappa shape index (κ1) is 18.5. The van der Waals surface area contributed by atoms with Crippen LogP contribution in [0.2, 0.25) is 0 Å². The summed E-state index contributed by atoms with van der Waals surface area (Å²) in [5, 5.41) is 0. The average Bonchev–Trinajstić information content (AvgIpc) is 3.15.